The number of likely N-dealkylation sites (tertiary alicyclic amines) is 1. The van der Waals surface area contributed by atoms with Crippen molar-refractivity contribution in [2.45, 2.75) is 38.6 Å². The third-order valence-corrected chi connectivity index (χ3v) is 4.70. The molecule has 1 aromatic carbocycles. The molecule has 0 radical (unpaired) electrons. The van der Waals surface area contributed by atoms with Crippen molar-refractivity contribution in [1.82, 2.24) is 14.7 Å². The number of nitrogens with zero attached hydrogens (tertiary/aromatic N) is 3. The van der Waals surface area contributed by atoms with E-state index in [0.29, 0.717) is 25.5 Å². The molecular formula is C19H26N4O3. The van der Waals surface area contributed by atoms with Crippen LogP contribution in [0.15, 0.2) is 36.5 Å². The number of nitrogens with two attached hydrogens (primary N) is 1. The third kappa shape index (κ3) is 4.62. The monoisotopic (exact) mass is 358 g/mol. The van der Waals surface area contributed by atoms with Gasteiger partial charge in [0.2, 0.25) is 5.91 Å². The Balaban J connectivity index is 1.55. The molecule has 2 heterocycles. The lowest BCUT2D eigenvalue weighted by atomic mass is 10.2. The van der Waals surface area contributed by atoms with Crippen LogP contribution in [0.5, 0.6) is 0 Å². The Labute approximate surface area is 153 Å². The fraction of sp³-hybridized carbons (Fsp3) is 0.474. The Kier molecular flexibility index (Phi) is 5.90. The van der Waals surface area contributed by atoms with Gasteiger partial charge in [-0.25, -0.2) is 0 Å². The minimum atomic E-state index is -0.0261. The second-order valence-corrected chi connectivity index (χ2v) is 6.73. The van der Waals surface area contributed by atoms with Crippen molar-refractivity contribution in [2.24, 2.45) is 0 Å². The van der Waals surface area contributed by atoms with Crippen molar-refractivity contribution >= 4 is 11.7 Å². The van der Waals surface area contributed by atoms with E-state index in [0.717, 1.165) is 12.0 Å². The zero-order valence-corrected chi connectivity index (χ0v) is 15.3. The van der Waals surface area contributed by atoms with Crippen LogP contribution in [0.1, 0.15) is 17.5 Å². The van der Waals surface area contributed by atoms with Gasteiger partial charge >= 0.3 is 0 Å². The quantitative estimate of drug-likeness (QED) is 0.813. The zero-order chi connectivity index (χ0) is 18.5. The number of benzene rings is 1. The van der Waals surface area contributed by atoms with Gasteiger partial charge in [0.1, 0.15) is 12.4 Å². The van der Waals surface area contributed by atoms with Crippen LogP contribution in [0.2, 0.25) is 0 Å². The second-order valence-electron chi connectivity index (χ2n) is 6.73. The van der Waals surface area contributed by atoms with E-state index in [1.165, 1.54) is 5.56 Å². The summed E-state index contributed by atoms with van der Waals surface area (Å²) in [7, 11) is 1.68. The van der Waals surface area contributed by atoms with Crippen LogP contribution in [-0.2, 0) is 27.4 Å². The molecule has 1 fully saturated rings. The normalized spacial score (nSPS) is 19.8. The molecule has 0 spiro atoms. The predicted molar refractivity (Wildman–Crippen MR) is 98.4 cm³/mol. The number of nitrogen functional groups attached to an aromatic ring is 1. The lowest BCUT2D eigenvalue weighted by Gasteiger charge is -2.24. The molecule has 7 nitrogen and oxygen atoms in total. The van der Waals surface area contributed by atoms with Gasteiger partial charge < -0.3 is 20.1 Å². The van der Waals surface area contributed by atoms with Gasteiger partial charge in [-0.05, 0) is 25.0 Å². The summed E-state index contributed by atoms with van der Waals surface area (Å²) in [5.74, 6) is 0.451. The lowest BCUT2D eigenvalue weighted by Crippen LogP contribution is -2.40. The number of carbonyl (C=O) groups excluding carboxylic acids is 1. The summed E-state index contributed by atoms with van der Waals surface area (Å²) >= 11 is 0. The summed E-state index contributed by atoms with van der Waals surface area (Å²) in [6.07, 6.45) is 2.64. The van der Waals surface area contributed by atoms with Crippen LogP contribution in [0.4, 0.5) is 5.82 Å². The largest absolute Gasteiger partial charge is 0.382 e. The van der Waals surface area contributed by atoms with Gasteiger partial charge in [0.05, 0.1) is 25.3 Å². The number of methoxy groups -OCH3 is 1. The second kappa shape index (κ2) is 8.33. The fourth-order valence-electron chi connectivity index (χ4n) is 3.24. The van der Waals surface area contributed by atoms with Gasteiger partial charge in [0, 0.05) is 19.9 Å². The van der Waals surface area contributed by atoms with E-state index >= 15 is 0 Å². The summed E-state index contributed by atoms with van der Waals surface area (Å²) in [5.41, 5.74) is 7.94. The minimum absolute atomic E-state index is 0.0229. The van der Waals surface area contributed by atoms with E-state index in [9.17, 15) is 4.79 Å². The molecule has 2 aromatic rings. The Morgan fingerprint density at radius 2 is 2.08 bits per heavy atom. The Morgan fingerprint density at radius 3 is 2.73 bits per heavy atom. The highest BCUT2D eigenvalue weighted by molar-refractivity contribution is 5.78. The van der Waals surface area contributed by atoms with Crippen molar-refractivity contribution < 1.29 is 14.3 Å². The average Bonchev–Trinajstić information content (AvgIpc) is 3.23. The van der Waals surface area contributed by atoms with Gasteiger partial charge in [-0.15, -0.1) is 0 Å². The highest BCUT2D eigenvalue weighted by Gasteiger charge is 2.35. The lowest BCUT2D eigenvalue weighted by molar-refractivity contribution is -0.138. The first-order valence-electron chi connectivity index (χ1n) is 8.79. The number of amides is 1. The first-order chi connectivity index (χ1) is 12.5. The molecule has 1 aliphatic rings. The summed E-state index contributed by atoms with van der Waals surface area (Å²) in [6.45, 7) is 3.70. The molecule has 140 valence electrons. The van der Waals surface area contributed by atoms with E-state index in [1.807, 2.05) is 42.3 Å². The Morgan fingerprint density at radius 1 is 1.31 bits per heavy atom. The number of rotatable bonds is 7. The van der Waals surface area contributed by atoms with E-state index in [1.54, 1.807) is 17.9 Å². The molecule has 26 heavy (non-hydrogen) atoms. The molecule has 1 saturated heterocycles. The van der Waals surface area contributed by atoms with Crippen LogP contribution in [-0.4, -0.2) is 53.0 Å². The van der Waals surface area contributed by atoms with Gasteiger partial charge in [-0.3, -0.25) is 9.48 Å². The Hall–Kier alpha value is -2.38. The van der Waals surface area contributed by atoms with E-state index in [-0.39, 0.29) is 24.7 Å². The molecule has 2 atom stereocenters. The van der Waals surface area contributed by atoms with E-state index in [4.69, 9.17) is 15.2 Å². The molecule has 1 aromatic heterocycles. The molecular weight excluding hydrogens is 332 g/mol. The summed E-state index contributed by atoms with van der Waals surface area (Å²) in [5, 5.41) is 4.21. The van der Waals surface area contributed by atoms with Crippen LogP contribution >= 0.6 is 0 Å². The fourth-order valence-corrected chi connectivity index (χ4v) is 3.24. The summed E-state index contributed by atoms with van der Waals surface area (Å²) in [4.78, 5) is 14.5. The number of ether oxygens (including phenoxy) is 2. The molecule has 0 saturated carbocycles. The molecule has 1 aliphatic heterocycles. The first kappa shape index (κ1) is 18.4. The van der Waals surface area contributed by atoms with Gasteiger partial charge in [0.25, 0.3) is 0 Å². The molecule has 2 N–H and O–H groups in total. The number of anilines is 1. The number of aromatic nitrogens is 2. The molecule has 7 heteroatoms. The SMILES string of the molecule is CO[C@H]1C[C@@H](Cn2ccc(N)n2)N(C(=O)COCc2ccc(C)cc2)C1. The molecule has 0 aliphatic carbocycles. The van der Waals surface area contributed by atoms with Crippen molar-refractivity contribution in [3.05, 3.63) is 47.7 Å². The van der Waals surface area contributed by atoms with Crippen LogP contribution in [0.3, 0.4) is 0 Å². The van der Waals surface area contributed by atoms with Gasteiger partial charge in [0.15, 0.2) is 0 Å². The standard InChI is InChI=1S/C19H26N4O3/c1-14-3-5-15(6-4-14)12-26-13-19(24)23-11-17(25-2)9-16(23)10-22-8-7-18(20)21-22/h3-8,16-17H,9-13H2,1-2H3,(H2,20,21)/t16-,17-/m0/s1. The van der Waals surface area contributed by atoms with Crippen molar-refractivity contribution in [3.8, 4) is 0 Å². The highest BCUT2D eigenvalue weighted by atomic mass is 16.5. The van der Waals surface area contributed by atoms with Crippen LogP contribution in [0, 0.1) is 6.92 Å². The van der Waals surface area contributed by atoms with Crippen molar-refractivity contribution in [1.29, 1.82) is 0 Å². The number of aryl methyl sites for hydroxylation is 1. The maximum Gasteiger partial charge on any atom is 0.248 e. The van der Waals surface area contributed by atoms with Crippen LogP contribution < -0.4 is 5.73 Å². The number of hydrogen-bond acceptors (Lipinski definition) is 5. The van der Waals surface area contributed by atoms with E-state index < -0.39 is 0 Å². The van der Waals surface area contributed by atoms with Gasteiger partial charge in [-0.1, -0.05) is 29.8 Å². The topological polar surface area (TPSA) is 82.6 Å². The first-order valence-corrected chi connectivity index (χ1v) is 8.79. The third-order valence-electron chi connectivity index (χ3n) is 4.70. The van der Waals surface area contributed by atoms with Crippen molar-refractivity contribution in [2.75, 3.05) is 26.0 Å². The molecule has 3 rings (SSSR count). The summed E-state index contributed by atoms with van der Waals surface area (Å²) in [6, 6.07) is 9.88. The number of hydrogen-bond donors (Lipinski definition) is 1. The zero-order valence-electron chi connectivity index (χ0n) is 15.3. The summed E-state index contributed by atoms with van der Waals surface area (Å²) < 4.78 is 12.9. The minimum Gasteiger partial charge on any atom is -0.382 e. The highest BCUT2D eigenvalue weighted by Crippen LogP contribution is 2.22. The van der Waals surface area contributed by atoms with Gasteiger partial charge in [-0.2, -0.15) is 5.10 Å². The molecule has 1 amide bonds. The van der Waals surface area contributed by atoms with Crippen LogP contribution in [0.25, 0.3) is 0 Å². The van der Waals surface area contributed by atoms with E-state index in [2.05, 4.69) is 5.10 Å². The average molecular weight is 358 g/mol. The number of carbonyl (C=O) groups is 1. The maximum atomic E-state index is 12.6. The maximum absolute atomic E-state index is 12.6. The molecule has 0 bridgehead atoms. The Bertz CT molecular complexity index is 729. The smallest absolute Gasteiger partial charge is 0.248 e. The van der Waals surface area contributed by atoms with Crippen molar-refractivity contribution in [3.63, 3.8) is 0 Å². The predicted octanol–water partition coefficient (Wildman–Crippen LogP) is 1.61. The molecule has 0 unspecified atom stereocenters.